The molecule has 0 radical (unpaired) electrons. The molecular formula is C22H27N6O5S+. The van der Waals surface area contributed by atoms with Crippen LogP contribution in [0.1, 0.15) is 12.0 Å². The highest BCUT2D eigenvalue weighted by atomic mass is 32.2. The minimum absolute atomic E-state index is 0.147. The van der Waals surface area contributed by atoms with Gasteiger partial charge in [0.05, 0.1) is 22.5 Å². The summed E-state index contributed by atoms with van der Waals surface area (Å²) in [6, 6.07) is 10.3. The van der Waals surface area contributed by atoms with Crippen molar-refractivity contribution < 1.29 is 24.3 Å². The maximum atomic E-state index is 13.4. The van der Waals surface area contributed by atoms with Gasteiger partial charge in [-0.3, -0.25) is 9.36 Å². The second-order valence-electron chi connectivity index (χ2n) is 7.70. The molecule has 1 aromatic carbocycles. The van der Waals surface area contributed by atoms with E-state index in [2.05, 4.69) is 19.6 Å². The Labute approximate surface area is 200 Å². The summed E-state index contributed by atoms with van der Waals surface area (Å²) in [6.07, 6.45) is 4.16. The van der Waals surface area contributed by atoms with Gasteiger partial charge in [0.25, 0.3) is 5.69 Å². The quantitative estimate of drug-likeness (QED) is 0.0986. The average Bonchev–Trinajstić information content (AvgIpc) is 2.81. The van der Waals surface area contributed by atoms with Crippen molar-refractivity contribution in [2.24, 2.45) is 10.2 Å². The largest absolute Gasteiger partial charge is 0.493 e. The van der Waals surface area contributed by atoms with Crippen molar-refractivity contribution in [3.63, 3.8) is 0 Å². The van der Waals surface area contributed by atoms with Gasteiger partial charge < -0.3 is 15.7 Å². The second kappa shape index (κ2) is 11.7. The molecule has 0 aliphatic carbocycles. The van der Waals surface area contributed by atoms with Crippen LogP contribution in [0.25, 0.3) is 5.69 Å². The van der Waals surface area contributed by atoms with Crippen LogP contribution in [-0.4, -0.2) is 40.5 Å². The van der Waals surface area contributed by atoms with Gasteiger partial charge in [-0.1, -0.05) is 11.1 Å². The van der Waals surface area contributed by atoms with Crippen molar-refractivity contribution >= 4 is 29.1 Å². The molecule has 3 aromatic rings. The Morgan fingerprint density at radius 1 is 1.21 bits per heavy atom. The summed E-state index contributed by atoms with van der Waals surface area (Å²) in [4.78, 5) is 15.8. The molecule has 11 nitrogen and oxygen atoms in total. The summed E-state index contributed by atoms with van der Waals surface area (Å²) in [5.74, 6) is -0.279. The number of hydrogen-bond acceptors (Lipinski definition) is 10. The predicted molar refractivity (Wildman–Crippen MR) is 127 cm³/mol. The molecule has 0 aliphatic rings. The number of aromatic nitrogens is 2. The van der Waals surface area contributed by atoms with E-state index in [1.54, 1.807) is 42.1 Å². The van der Waals surface area contributed by atoms with Crippen LogP contribution in [0.4, 0.5) is 17.1 Å². The Kier molecular flexibility index (Phi) is 8.73. The maximum absolute atomic E-state index is 13.4. The third-order valence-corrected chi connectivity index (χ3v) is 5.64. The van der Waals surface area contributed by atoms with Crippen LogP contribution >= 0.6 is 12.0 Å². The van der Waals surface area contributed by atoms with E-state index in [1.165, 1.54) is 4.57 Å². The average molecular weight is 488 g/mol. The Morgan fingerprint density at radius 3 is 2.62 bits per heavy atom. The number of aromatic hydroxyl groups is 1. The van der Waals surface area contributed by atoms with E-state index in [-0.39, 0.29) is 17.1 Å². The number of nitrogens with two attached hydrogens (primary N) is 1. The first-order chi connectivity index (χ1) is 16.3. The number of azo groups is 1. The number of hydrogen-bond donors (Lipinski definition) is 3. The van der Waals surface area contributed by atoms with E-state index in [9.17, 15) is 9.90 Å². The summed E-state index contributed by atoms with van der Waals surface area (Å²) < 4.78 is 7.49. The van der Waals surface area contributed by atoms with Crippen LogP contribution in [0.15, 0.2) is 68.7 Å². The van der Waals surface area contributed by atoms with E-state index >= 15 is 0 Å². The van der Waals surface area contributed by atoms with Crippen LogP contribution in [0.3, 0.4) is 0 Å². The number of pyridine rings is 2. The standard InChI is InChI=1S/C22H26N6O5S/c1-15-19(25-24-17-14-16(23)8-9-18(17)34-33-32-31)21(29)28(13-7-10-26(2)3)22(30)20(15)27-11-5-4-6-12-27/h4-6,8-9,11-12,14H,7,10,13,23H2,1-3H3,(H-,29,31)/p+1/b25-24+. The fourth-order valence-corrected chi connectivity index (χ4v) is 3.77. The van der Waals surface area contributed by atoms with E-state index in [0.29, 0.717) is 52.5 Å². The monoisotopic (exact) mass is 487 g/mol. The number of nitrogens with zero attached hydrogens (tertiary/aromatic N) is 5. The van der Waals surface area contributed by atoms with Gasteiger partial charge >= 0.3 is 5.56 Å². The van der Waals surface area contributed by atoms with Gasteiger partial charge in [-0.2, -0.15) is 4.57 Å². The van der Waals surface area contributed by atoms with Gasteiger partial charge in [-0.15, -0.1) is 14.6 Å². The Hall–Kier alpha value is -3.29. The molecule has 180 valence electrons. The third-order valence-electron chi connectivity index (χ3n) is 4.98. The molecule has 4 N–H and O–H groups in total. The molecule has 3 rings (SSSR count). The third kappa shape index (κ3) is 5.98. The molecule has 0 saturated carbocycles. The number of rotatable bonds is 10. The highest BCUT2D eigenvalue weighted by molar-refractivity contribution is 7.94. The molecular weight excluding hydrogens is 460 g/mol. The SMILES string of the molecule is Cc1c(/N=N/c2cc(N)ccc2SOOO)c(O)n(CCCN(C)C)c(=O)c1-[n+]1ccccc1. The molecule has 0 saturated heterocycles. The van der Waals surface area contributed by atoms with Gasteiger partial charge in [0.1, 0.15) is 5.69 Å². The molecule has 0 atom stereocenters. The topological polar surface area (TPSA) is 139 Å². The zero-order valence-corrected chi connectivity index (χ0v) is 19.9. The normalized spacial score (nSPS) is 11.6. The smallest absolute Gasteiger partial charge is 0.326 e. The van der Waals surface area contributed by atoms with E-state index in [4.69, 9.17) is 11.0 Å². The van der Waals surface area contributed by atoms with Crippen LogP contribution in [0.5, 0.6) is 5.88 Å². The number of benzene rings is 1. The van der Waals surface area contributed by atoms with Gasteiger partial charge in [-0.05, 0) is 52.2 Å². The Bertz CT molecular complexity index is 1220. The molecule has 0 spiro atoms. The van der Waals surface area contributed by atoms with E-state index in [0.717, 1.165) is 6.54 Å². The zero-order chi connectivity index (χ0) is 24.7. The van der Waals surface area contributed by atoms with E-state index in [1.807, 2.05) is 37.2 Å². The van der Waals surface area contributed by atoms with Crippen LogP contribution < -0.4 is 15.9 Å². The lowest BCUT2D eigenvalue weighted by Gasteiger charge is -2.14. The number of anilines is 1. The lowest BCUT2D eigenvalue weighted by atomic mass is 10.2. The lowest BCUT2D eigenvalue weighted by molar-refractivity contribution is -0.597. The van der Waals surface area contributed by atoms with Crippen molar-refractivity contribution in [3.8, 4) is 11.6 Å². The number of nitrogen functional groups attached to an aromatic ring is 1. The van der Waals surface area contributed by atoms with Gasteiger partial charge in [0.15, 0.2) is 18.1 Å². The molecule has 0 amide bonds. The van der Waals surface area contributed by atoms with Crippen LogP contribution in [0.2, 0.25) is 0 Å². The first kappa shape index (κ1) is 25.3. The first-order valence-electron chi connectivity index (χ1n) is 10.4. The summed E-state index contributed by atoms with van der Waals surface area (Å²) in [7, 11) is 3.88. The Morgan fingerprint density at radius 2 is 1.94 bits per heavy atom. The van der Waals surface area contributed by atoms with Crippen molar-refractivity contribution in [1.29, 1.82) is 0 Å². The van der Waals surface area contributed by atoms with Crippen molar-refractivity contribution in [2.45, 2.75) is 24.8 Å². The fraction of sp³-hybridized carbons (Fsp3) is 0.273. The van der Waals surface area contributed by atoms with Crippen molar-refractivity contribution in [3.05, 3.63) is 64.7 Å². The molecule has 0 fully saturated rings. The summed E-state index contributed by atoms with van der Waals surface area (Å²) in [5.41, 5.74) is 7.25. The minimum atomic E-state index is -0.336. The summed E-state index contributed by atoms with van der Waals surface area (Å²) in [6.45, 7) is 2.74. The second-order valence-corrected chi connectivity index (χ2v) is 8.44. The summed E-state index contributed by atoms with van der Waals surface area (Å²) in [5, 5.41) is 31.6. The predicted octanol–water partition coefficient (Wildman–Crippen LogP) is 3.52. The zero-order valence-electron chi connectivity index (χ0n) is 19.1. The first-order valence-corrected chi connectivity index (χ1v) is 11.1. The maximum Gasteiger partial charge on any atom is 0.326 e. The Balaban J connectivity index is 2.13. The lowest BCUT2D eigenvalue weighted by Crippen LogP contribution is -2.40. The van der Waals surface area contributed by atoms with Gasteiger partial charge in [0.2, 0.25) is 5.88 Å². The highest BCUT2D eigenvalue weighted by Crippen LogP contribution is 2.36. The van der Waals surface area contributed by atoms with Gasteiger partial charge in [0, 0.05) is 24.4 Å². The van der Waals surface area contributed by atoms with E-state index < -0.39 is 0 Å². The molecule has 34 heavy (non-hydrogen) atoms. The molecule has 0 unspecified atom stereocenters. The fourth-order valence-electron chi connectivity index (χ4n) is 3.35. The molecule has 0 bridgehead atoms. The molecule has 12 heteroatoms. The van der Waals surface area contributed by atoms with Crippen molar-refractivity contribution in [2.75, 3.05) is 26.4 Å². The van der Waals surface area contributed by atoms with Crippen LogP contribution in [0, 0.1) is 6.92 Å². The molecule has 0 aliphatic heterocycles. The summed E-state index contributed by atoms with van der Waals surface area (Å²) >= 11 is 0.711. The van der Waals surface area contributed by atoms with Crippen LogP contribution in [-0.2, 0) is 15.9 Å². The molecule has 2 aromatic heterocycles. The highest BCUT2D eigenvalue weighted by Gasteiger charge is 2.25. The minimum Gasteiger partial charge on any atom is -0.493 e. The molecule has 2 heterocycles. The van der Waals surface area contributed by atoms with Gasteiger partial charge in [-0.25, -0.2) is 5.26 Å². The van der Waals surface area contributed by atoms with Crippen molar-refractivity contribution in [1.82, 2.24) is 9.47 Å².